The van der Waals surface area contributed by atoms with Crippen molar-refractivity contribution in [3.8, 4) is 5.75 Å². The van der Waals surface area contributed by atoms with Crippen LogP contribution in [0.4, 0.5) is 15.7 Å². The highest BCUT2D eigenvalue weighted by atomic mass is 32.2. The molecule has 2 aromatic carbocycles. The lowest BCUT2D eigenvalue weighted by molar-refractivity contribution is 0.0692. The Bertz CT molecular complexity index is 1610. The van der Waals surface area contributed by atoms with Crippen molar-refractivity contribution in [2.75, 3.05) is 18.2 Å². The maximum absolute atomic E-state index is 13.0. The predicted octanol–water partition coefficient (Wildman–Crippen LogP) is 5.28. The predicted molar refractivity (Wildman–Crippen MR) is 144 cm³/mol. The number of fused-ring (bicyclic) bond motifs is 1. The Balaban J connectivity index is 1.67. The normalized spacial score (nSPS) is 12.5. The molecule has 38 heavy (non-hydrogen) atoms. The van der Waals surface area contributed by atoms with Crippen LogP contribution in [0.3, 0.4) is 0 Å². The van der Waals surface area contributed by atoms with E-state index in [1.165, 1.54) is 23.7 Å². The third kappa shape index (κ3) is 6.23. The van der Waals surface area contributed by atoms with Gasteiger partial charge in [0.25, 0.3) is 0 Å². The Morgan fingerprint density at radius 2 is 2.00 bits per heavy atom. The van der Waals surface area contributed by atoms with E-state index in [0.717, 1.165) is 0 Å². The minimum absolute atomic E-state index is 0.0233. The fraction of sp³-hybridized carbons (Fsp3) is 0.240. The molecule has 11 nitrogen and oxygen atoms in total. The van der Waals surface area contributed by atoms with Gasteiger partial charge in [-0.2, -0.15) is 0 Å². The number of carboxylic acids is 1. The summed E-state index contributed by atoms with van der Waals surface area (Å²) in [4.78, 5) is 37.5. The molecule has 1 atom stereocenters. The van der Waals surface area contributed by atoms with E-state index in [4.69, 9.17) is 9.47 Å². The molecule has 0 aliphatic rings. The van der Waals surface area contributed by atoms with E-state index in [0.29, 0.717) is 44.6 Å². The van der Waals surface area contributed by atoms with Gasteiger partial charge in [-0.15, -0.1) is 15.7 Å². The Kier molecular flexibility index (Phi) is 8.17. The first-order valence-electron chi connectivity index (χ1n) is 11.5. The molecule has 0 radical (unpaired) electrons. The molecule has 1 amide bonds. The second-order valence-corrected chi connectivity index (χ2v) is 11.2. The third-order valence-corrected chi connectivity index (χ3v) is 7.61. The Morgan fingerprint density at radius 1 is 1.18 bits per heavy atom. The van der Waals surface area contributed by atoms with Crippen molar-refractivity contribution >= 4 is 55.0 Å². The van der Waals surface area contributed by atoms with Gasteiger partial charge in [-0.3, -0.25) is 0 Å². The maximum Gasteiger partial charge on any atom is 0.442 e. The molecule has 1 unspecified atom stereocenters. The van der Waals surface area contributed by atoms with Gasteiger partial charge in [0.1, 0.15) is 29.6 Å². The zero-order valence-electron chi connectivity index (χ0n) is 20.8. The lowest BCUT2D eigenvalue weighted by Gasteiger charge is -2.14. The first-order valence-corrected chi connectivity index (χ1v) is 14.4. The SMILES string of the molecule is CCOC(=O)N=S(C)(=O)c1cccc(COc2cc3nc(CC)nc(Nc4nccs4)c3cc2C(=O)O)c1. The molecule has 0 bridgehead atoms. The van der Waals surface area contributed by atoms with Crippen molar-refractivity contribution in [3.63, 3.8) is 0 Å². The van der Waals surface area contributed by atoms with E-state index < -0.39 is 21.8 Å². The molecular formula is C25H25N5O6S2. The lowest BCUT2D eigenvalue weighted by Crippen LogP contribution is -2.07. The molecule has 198 valence electrons. The van der Waals surface area contributed by atoms with Crippen LogP contribution >= 0.6 is 11.3 Å². The summed E-state index contributed by atoms with van der Waals surface area (Å²) >= 11 is 1.39. The molecule has 2 aromatic heterocycles. The van der Waals surface area contributed by atoms with Crippen molar-refractivity contribution in [1.82, 2.24) is 15.0 Å². The minimum Gasteiger partial charge on any atom is -0.488 e. The van der Waals surface area contributed by atoms with E-state index in [1.54, 1.807) is 43.5 Å². The number of carboxylic acid groups (broad SMARTS) is 1. The van der Waals surface area contributed by atoms with Gasteiger partial charge in [0.2, 0.25) is 0 Å². The van der Waals surface area contributed by atoms with Crippen LogP contribution in [0, 0.1) is 0 Å². The molecule has 0 spiro atoms. The van der Waals surface area contributed by atoms with Crippen LogP contribution in [-0.2, 0) is 27.5 Å². The van der Waals surface area contributed by atoms with E-state index in [2.05, 4.69) is 24.6 Å². The molecule has 0 saturated carbocycles. The number of ether oxygens (including phenoxy) is 2. The number of carbonyl (C=O) groups is 2. The van der Waals surface area contributed by atoms with E-state index in [-0.39, 0.29) is 24.5 Å². The van der Waals surface area contributed by atoms with E-state index in [9.17, 15) is 18.9 Å². The summed E-state index contributed by atoms with van der Waals surface area (Å²) in [7, 11) is -3.05. The quantitative estimate of drug-likeness (QED) is 0.279. The number of hydrogen-bond acceptors (Lipinski definition) is 10. The molecule has 2 heterocycles. The lowest BCUT2D eigenvalue weighted by atomic mass is 10.1. The van der Waals surface area contributed by atoms with E-state index >= 15 is 0 Å². The van der Waals surface area contributed by atoms with Gasteiger partial charge in [-0.1, -0.05) is 19.1 Å². The summed E-state index contributed by atoms with van der Waals surface area (Å²) in [5, 5.41) is 16.0. The number of hydrogen-bond donors (Lipinski definition) is 2. The Hall–Kier alpha value is -4.10. The van der Waals surface area contributed by atoms with Gasteiger partial charge < -0.3 is 19.9 Å². The standard InChI is InChI=1S/C25H25N5O6S2/c1-4-21-27-19-13-20(18(23(31)32)12-17(19)22(28-21)29-24-26-9-10-37-24)36-14-15-7-6-8-16(11-15)38(3,34)30-25(33)35-5-2/h6-13H,4-5,14H2,1-3H3,(H,31,32)(H,26,27,28,29). The summed E-state index contributed by atoms with van der Waals surface area (Å²) in [6.07, 6.45) is 2.67. The summed E-state index contributed by atoms with van der Waals surface area (Å²) in [6, 6.07) is 9.62. The highest BCUT2D eigenvalue weighted by molar-refractivity contribution is 7.93. The number of rotatable bonds is 9. The Morgan fingerprint density at radius 3 is 2.68 bits per heavy atom. The van der Waals surface area contributed by atoms with Crippen molar-refractivity contribution in [3.05, 3.63) is 64.9 Å². The van der Waals surface area contributed by atoms with Gasteiger partial charge in [-0.05, 0) is 30.7 Å². The average molecular weight is 556 g/mol. The first-order chi connectivity index (χ1) is 18.2. The van der Waals surface area contributed by atoms with Crippen molar-refractivity contribution in [2.45, 2.75) is 31.8 Å². The first kappa shape index (κ1) is 26.9. The monoisotopic (exact) mass is 555 g/mol. The molecule has 2 N–H and O–H groups in total. The highest BCUT2D eigenvalue weighted by Gasteiger charge is 2.18. The molecular weight excluding hydrogens is 530 g/mol. The summed E-state index contributed by atoms with van der Waals surface area (Å²) in [5.41, 5.74) is 1.05. The number of anilines is 2. The van der Waals surface area contributed by atoms with Gasteiger partial charge in [0, 0.05) is 40.6 Å². The van der Waals surface area contributed by atoms with Crippen molar-refractivity contribution < 1.29 is 28.4 Å². The number of carbonyl (C=O) groups excluding carboxylic acids is 1. The van der Waals surface area contributed by atoms with Crippen LogP contribution in [0.5, 0.6) is 5.75 Å². The molecule has 13 heteroatoms. The molecule has 0 saturated heterocycles. The topological polar surface area (TPSA) is 153 Å². The second kappa shape index (κ2) is 11.5. The zero-order valence-corrected chi connectivity index (χ0v) is 22.5. The van der Waals surface area contributed by atoms with Crippen LogP contribution in [0.25, 0.3) is 10.9 Å². The molecule has 0 fully saturated rings. The van der Waals surface area contributed by atoms with Crippen LogP contribution < -0.4 is 10.1 Å². The van der Waals surface area contributed by atoms with E-state index in [1.807, 2.05) is 12.3 Å². The zero-order chi connectivity index (χ0) is 27.3. The van der Waals surface area contributed by atoms with Gasteiger partial charge in [0.05, 0.1) is 21.9 Å². The smallest absolute Gasteiger partial charge is 0.442 e. The maximum atomic E-state index is 13.0. The number of aromatic carboxylic acids is 1. The fourth-order valence-corrected chi connectivity index (χ4v) is 5.18. The largest absolute Gasteiger partial charge is 0.488 e. The molecule has 0 aliphatic carbocycles. The number of aromatic nitrogens is 3. The fourth-order valence-electron chi connectivity index (χ4n) is 3.51. The number of aryl methyl sites for hydroxylation is 1. The highest BCUT2D eigenvalue weighted by Crippen LogP contribution is 2.32. The van der Waals surface area contributed by atoms with Gasteiger partial charge >= 0.3 is 12.1 Å². The van der Waals surface area contributed by atoms with Crippen LogP contribution in [-0.4, -0.2) is 49.2 Å². The minimum atomic E-state index is -3.05. The number of benzene rings is 2. The van der Waals surface area contributed by atoms with Crippen LogP contribution in [0.15, 0.2) is 57.2 Å². The number of nitrogens with one attached hydrogen (secondary N) is 1. The van der Waals surface area contributed by atoms with Crippen molar-refractivity contribution in [1.29, 1.82) is 0 Å². The number of thiazole rings is 1. The summed E-state index contributed by atoms with van der Waals surface area (Å²) in [5.74, 6) is -0.0435. The molecule has 4 aromatic rings. The summed E-state index contributed by atoms with van der Waals surface area (Å²) < 4.78 is 27.3. The molecule has 0 aliphatic heterocycles. The third-order valence-electron chi connectivity index (χ3n) is 5.29. The Labute approximate surface area is 223 Å². The molecule has 4 rings (SSSR count). The summed E-state index contributed by atoms with van der Waals surface area (Å²) in [6.45, 7) is 3.65. The van der Waals surface area contributed by atoms with Crippen molar-refractivity contribution in [2.24, 2.45) is 4.36 Å². The van der Waals surface area contributed by atoms with Crippen LogP contribution in [0.1, 0.15) is 35.6 Å². The number of amides is 1. The average Bonchev–Trinajstić information content (AvgIpc) is 3.40. The second-order valence-electron chi connectivity index (χ2n) is 8.00. The van der Waals surface area contributed by atoms with Gasteiger partial charge in [0.15, 0.2) is 5.13 Å². The van der Waals surface area contributed by atoms with Crippen LogP contribution in [0.2, 0.25) is 0 Å². The number of nitrogens with zero attached hydrogens (tertiary/aromatic N) is 4. The van der Waals surface area contributed by atoms with Gasteiger partial charge in [-0.25, -0.2) is 28.7 Å².